The van der Waals surface area contributed by atoms with E-state index in [0.717, 1.165) is 18.5 Å². The third-order valence-corrected chi connectivity index (χ3v) is 1.82. The van der Waals surface area contributed by atoms with Gasteiger partial charge >= 0.3 is 0 Å². The first-order chi connectivity index (χ1) is 5.34. The van der Waals surface area contributed by atoms with Crippen LogP contribution in [0.4, 0.5) is 0 Å². The van der Waals surface area contributed by atoms with Crippen LogP contribution in [-0.2, 0) is 6.42 Å². The Balaban J connectivity index is 2.62. The van der Waals surface area contributed by atoms with E-state index >= 15 is 0 Å². The van der Waals surface area contributed by atoms with Crippen molar-refractivity contribution in [3.8, 4) is 5.75 Å². The van der Waals surface area contributed by atoms with Gasteiger partial charge in [0.05, 0.1) is 0 Å². The van der Waals surface area contributed by atoms with Gasteiger partial charge in [0.1, 0.15) is 5.75 Å². The van der Waals surface area contributed by atoms with Crippen LogP contribution < -0.4 is 5.09 Å². The molecule has 2 nitrogen and oxygen atoms in total. The Morgan fingerprint density at radius 2 is 2.09 bits per heavy atom. The van der Waals surface area contributed by atoms with E-state index in [4.69, 9.17) is 0 Å². The van der Waals surface area contributed by atoms with Gasteiger partial charge in [-0.05, 0) is 18.1 Å². The molecule has 3 heteroatoms. The van der Waals surface area contributed by atoms with Crippen molar-refractivity contribution >= 4 is 9.39 Å². The van der Waals surface area contributed by atoms with Crippen LogP contribution in [0.2, 0.25) is 0 Å². The molecule has 1 aromatic carbocycles. The predicted molar refractivity (Wildman–Crippen MR) is 49.5 cm³/mol. The normalized spacial score (nSPS) is 9.91. The molecular formula is C8H12NOP. The molecule has 0 fully saturated rings. The highest BCUT2D eigenvalue weighted by Crippen LogP contribution is 2.15. The number of phenols is 1. The Morgan fingerprint density at radius 3 is 2.73 bits per heavy atom. The van der Waals surface area contributed by atoms with E-state index in [1.165, 1.54) is 0 Å². The lowest BCUT2D eigenvalue weighted by molar-refractivity contribution is 0.468. The number of para-hydroxylation sites is 1. The fourth-order valence-electron chi connectivity index (χ4n) is 0.929. The smallest absolute Gasteiger partial charge is 0.118 e. The molecule has 0 bridgehead atoms. The largest absolute Gasteiger partial charge is 0.508 e. The van der Waals surface area contributed by atoms with Crippen LogP contribution in [0.1, 0.15) is 5.56 Å². The lowest BCUT2D eigenvalue weighted by atomic mass is 10.1. The molecular weight excluding hydrogens is 157 g/mol. The molecule has 0 radical (unpaired) electrons. The Hall–Kier alpha value is -0.590. The summed E-state index contributed by atoms with van der Waals surface area (Å²) >= 11 is 0. The lowest BCUT2D eigenvalue weighted by Crippen LogP contribution is -2.03. The summed E-state index contributed by atoms with van der Waals surface area (Å²) in [7, 11) is 2.43. The summed E-state index contributed by atoms with van der Waals surface area (Å²) in [5.74, 6) is 0.382. The first-order valence-corrected chi connectivity index (χ1v) is 4.12. The second kappa shape index (κ2) is 4.32. The number of aromatic hydroxyl groups is 1. The maximum Gasteiger partial charge on any atom is 0.118 e. The molecule has 0 aromatic heterocycles. The number of benzene rings is 1. The molecule has 0 spiro atoms. The average molecular weight is 169 g/mol. The summed E-state index contributed by atoms with van der Waals surface area (Å²) in [5.41, 5.74) is 0.988. The fourth-order valence-corrected chi connectivity index (χ4v) is 1.07. The third kappa shape index (κ3) is 2.49. The number of rotatable bonds is 3. The highest BCUT2D eigenvalue weighted by atomic mass is 31.0. The Kier molecular flexibility index (Phi) is 3.34. The van der Waals surface area contributed by atoms with Crippen molar-refractivity contribution in [2.24, 2.45) is 0 Å². The van der Waals surface area contributed by atoms with Gasteiger partial charge in [-0.25, -0.2) is 0 Å². The van der Waals surface area contributed by atoms with Gasteiger partial charge in [-0.1, -0.05) is 27.6 Å². The zero-order valence-electron chi connectivity index (χ0n) is 6.25. The van der Waals surface area contributed by atoms with Gasteiger partial charge in [-0.15, -0.1) is 0 Å². The quantitative estimate of drug-likeness (QED) is 0.669. The van der Waals surface area contributed by atoms with E-state index in [9.17, 15) is 5.11 Å². The van der Waals surface area contributed by atoms with Crippen molar-refractivity contribution in [2.75, 3.05) is 6.54 Å². The summed E-state index contributed by atoms with van der Waals surface area (Å²) in [6.07, 6.45) is 0.857. The van der Waals surface area contributed by atoms with Crippen LogP contribution in [0.3, 0.4) is 0 Å². The molecule has 0 aliphatic heterocycles. The molecule has 1 unspecified atom stereocenters. The fraction of sp³-hybridized carbons (Fsp3) is 0.250. The molecule has 0 amide bonds. The molecule has 2 N–H and O–H groups in total. The molecule has 0 saturated carbocycles. The molecule has 1 atom stereocenters. The van der Waals surface area contributed by atoms with Crippen molar-refractivity contribution < 1.29 is 5.11 Å². The van der Waals surface area contributed by atoms with Gasteiger partial charge in [0.25, 0.3) is 0 Å². The highest BCUT2D eigenvalue weighted by molar-refractivity contribution is 7.13. The number of phenolic OH excluding ortho intramolecular Hbond substituents is 1. The summed E-state index contributed by atoms with van der Waals surface area (Å²) < 4.78 is 0. The second-order valence-corrected chi connectivity index (χ2v) is 2.74. The van der Waals surface area contributed by atoms with Crippen LogP contribution in [0.15, 0.2) is 24.3 Å². The molecule has 1 aromatic rings. The van der Waals surface area contributed by atoms with Crippen molar-refractivity contribution in [3.63, 3.8) is 0 Å². The SMILES string of the molecule is Oc1ccccc1CCNP. The molecule has 0 aliphatic carbocycles. The zero-order chi connectivity index (χ0) is 8.10. The van der Waals surface area contributed by atoms with Gasteiger partial charge in [0, 0.05) is 6.54 Å². The van der Waals surface area contributed by atoms with Crippen LogP contribution in [0.5, 0.6) is 5.75 Å². The monoisotopic (exact) mass is 169 g/mol. The summed E-state index contributed by atoms with van der Waals surface area (Å²) in [4.78, 5) is 0. The summed E-state index contributed by atoms with van der Waals surface area (Å²) in [6, 6.07) is 7.39. The van der Waals surface area contributed by atoms with Crippen LogP contribution >= 0.6 is 9.39 Å². The van der Waals surface area contributed by atoms with Gasteiger partial charge < -0.3 is 10.2 Å². The summed E-state index contributed by atoms with van der Waals surface area (Å²) in [5, 5.41) is 12.3. The summed E-state index contributed by atoms with van der Waals surface area (Å²) in [6.45, 7) is 0.863. The number of hydrogen-bond donors (Lipinski definition) is 2. The minimum atomic E-state index is 0.382. The Bertz CT molecular complexity index is 227. The Morgan fingerprint density at radius 1 is 1.36 bits per heavy atom. The standard InChI is InChI=1S/C8H12NOP/c10-8-4-2-1-3-7(8)5-6-9-11/h1-4,9-10H,5-6,11H2. The molecule has 1 rings (SSSR count). The zero-order valence-corrected chi connectivity index (χ0v) is 7.40. The minimum Gasteiger partial charge on any atom is -0.508 e. The average Bonchev–Trinajstić information content (AvgIpc) is 2.03. The third-order valence-electron chi connectivity index (χ3n) is 1.53. The molecule has 0 heterocycles. The van der Waals surface area contributed by atoms with E-state index in [-0.39, 0.29) is 0 Å². The van der Waals surface area contributed by atoms with E-state index in [1.54, 1.807) is 6.07 Å². The van der Waals surface area contributed by atoms with Crippen LogP contribution in [0.25, 0.3) is 0 Å². The number of hydrogen-bond acceptors (Lipinski definition) is 2. The molecule has 11 heavy (non-hydrogen) atoms. The van der Waals surface area contributed by atoms with Gasteiger partial charge in [0.15, 0.2) is 0 Å². The first kappa shape index (κ1) is 8.51. The van der Waals surface area contributed by atoms with Crippen molar-refractivity contribution in [1.29, 1.82) is 0 Å². The Labute approximate surface area is 68.9 Å². The maximum absolute atomic E-state index is 9.30. The maximum atomic E-state index is 9.30. The second-order valence-electron chi connectivity index (χ2n) is 2.33. The predicted octanol–water partition coefficient (Wildman–Crippen LogP) is 1.31. The topological polar surface area (TPSA) is 32.3 Å². The van der Waals surface area contributed by atoms with Gasteiger partial charge in [-0.2, -0.15) is 0 Å². The highest BCUT2D eigenvalue weighted by Gasteiger charge is 1.96. The lowest BCUT2D eigenvalue weighted by Gasteiger charge is -2.01. The van der Waals surface area contributed by atoms with E-state index in [0.29, 0.717) is 5.75 Å². The van der Waals surface area contributed by atoms with Crippen molar-refractivity contribution in [2.45, 2.75) is 6.42 Å². The first-order valence-electron chi connectivity index (χ1n) is 3.55. The van der Waals surface area contributed by atoms with Crippen molar-refractivity contribution in [1.82, 2.24) is 5.09 Å². The molecule has 0 saturated heterocycles. The molecule has 60 valence electrons. The molecule has 0 aliphatic rings. The van der Waals surface area contributed by atoms with Gasteiger partial charge in [0.2, 0.25) is 0 Å². The number of nitrogens with one attached hydrogen (secondary N) is 1. The van der Waals surface area contributed by atoms with Crippen LogP contribution in [-0.4, -0.2) is 11.7 Å². The van der Waals surface area contributed by atoms with Crippen LogP contribution in [0, 0.1) is 0 Å². The van der Waals surface area contributed by atoms with Gasteiger partial charge in [-0.3, -0.25) is 0 Å². The van der Waals surface area contributed by atoms with Crippen molar-refractivity contribution in [3.05, 3.63) is 29.8 Å². The van der Waals surface area contributed by atoms with E-state index in [1.807, 2.05) is 18.2 Å². The van der Waals surface area contributed by atoms with E-state index in [2.05, 4.69) is 14.5 Å². The minimum absolute atomic E-state index is 0.382. The van der Waals surface area contributed by atoms with E-state index < -0.39 is 0 Å².